The Morgan fingerprint density at radius 1 is 1.42 bits per heavy atom. The lowest BCUT2D eigenvalue weighted by Gasteiger charge is -1.97. The first-order valence-corrected chi connectivity index (χ1v) is 5.94. The first kappa shape index (κ1) is 11.7. The summed E-state index contributed by atoms with van der Waals surface area (Å²) in [5.74, 6) is 0.466. The Bertz CT molecular complexity index is 755. The summed E-state index contributed by atoms with van der Waals surface area (Å²) in [6.45, 7) is -0.482. The highest BCUT2D eigenvalue weighted by Gasteiger charge is 2.10. The molecule has 0 amide bonds. The molecule has 0 aliphatic heterocycles. The third kappa shape index (κ3) is 1.94. The molecule has 0 unspecified atom stereocenters. The molecule has 2 aromatic heterocycles. The van der Waals surface area contributed by atoms with Gasteiger partial charge in [-0.2, -0.15) is 0 Å². The number of Topliss-reactive ketones (excluding diaryl/α,β-unsaturated/α-hetero) is 1. The minimum absolute atomic E-state index is 0.295. The monoisotopic (exact) mass is 255 g/mol. The van der Waals surface area contributed by atoms with E-state index in [1.807, 2.05) is 29.9 Å². The van der Waals surface area contributed by atoms with Crippen molar-refractivity contribution in [2.24, 2.45) is 7.05 Å². The zero-order valence-corrected chi connectivity index (χ0v) is 10.4. The van der Waals surface area contributed by atoms with Crippen molar-refractivity contribution >= 4 is 16.8 Å². The van der Waals surface area contributed by atoms with Gasteiger partial charge in [-0.3, -0.25) is 4.79 Å². The molecule has 1 aromatic carbocycles. The number of fused-ring (bicyclic) bond motifs is 1. The topological polar surface area (TPSA) is 70.9 Å². The highest BCUT2D eigenvalue weighted by molar-refractivity contribution is 5.99. The number of H-pyrrole nitrogens is 1. The summed E-state index contributed by atoms with van der Waals surface area (Å²) in [5, 5.41) is 8.87. The number of imidazole rings is 1. The molecule has 96 valence electrons. The number of aliphatic hydroxyl groups excluding tert-OH is 1. The molecule has 0 aliphatic carbocycles. The second-order valence-corrected chi connectivity index (χ2v) is 4.40. The molecule has 0 saturated heterocycles. The van der Waals surface area contributed by atoms with Crippen LogP contribution < -0.4 is 0 Å². The van der Waals surface area contributed by atoms with E-state index in [4.69, 9.17) is 5.11 Å². The van der Waals surface area contributed by atoms with E-state index in [1.54, 1.807) is 18.2 Å². The molecule has 0 fully saturated rings. The standard InChI is InChI=1S/C14H13N3O2/c1-17-6-2-3-12(17)14-15-10-5-4-9(13(19)8-18)7-11(10)16-14/h2-7,18H,8H2,1H3,(H,15,16). The summed E-state index contributed by atoms with van der Waals surface area (Å²) in [6, 6.07) is 9.09. The quantitative estimate of drug-likeness (QED) is 0.700. The van der Waals surface area contributed by atoms with Gasteiger partial charge in [-0.15, -0.1) is 0 Å². The number of nitrogens with one attached hydrogen (secondary N) is 1. The van der Waals surface area contributed by atoms with E-state index >= 15 is 0 Å². The Morgan fingerprint density at radius 3 is 2.95 bits per heavy atom. The lowest BCUT2D eigenvalue weighted by molar-refractivity contribution is 0.0904. The normalized spacial score (nSPS) is 11.1. The lowest BCUT2D eigenvalue weighted by Crippen LogP contribution is -2.03. The maximum Gasteiger partial charge on any atom is 0.188 e. The van der Waals surface area contributed by atoms with Gasteiger partial charge in [0.05, 0.1) is 16.7 Å². The fraction of sp³-hybridized carbons (Fsp3) is 0.143. The average molecular weight is 255 g/mol. The molecule has 0 bridgehead atoms. The fourth-order valence-electron chi connectivity index (χ4n) is 2.10. The number of rotatable bonds is 3. The fourth-order valence-corrected chi connectivity index (χ4v) is 2.10. The molecule has 2 N–H and O–H groups in total. The number of carbonyl (C=O) groups excluding carboxylic acids is 1. The van der Waals surface area contributed by atoms with Gasteiger partial charge in [-0.25, -0.2) is 4.98 Å². The Kier molecular flexibility index (Phi) is 2.68. The Labute approximate surface area is 109 Å². The average Bonchev–Trinajstić information content (AvgIpc) is 3.02. The summed E-state index contributed by atoms with van der Waals surface area (Å²) in [6.07, 6.45) is 1.95. The first-order valence-electron chi connectivity index (χ1n) is 5.94. The smallest absolute Gasteiger partial charge is 0.188 e. The molecule has 3 aromatic rings. The van der Waals surface area contributed by atoms with Crippen molar-refractivity contribution in [2.75, 3.05) is 6.61 Å². The molecule has 5 heteroatoms. The Balaban J connectivity index is 2.11. The van der Waals surface area contributed by atoms with Crippen LogP contribution in [0.15, 0.2) is 36.5 Å². The largest absolute Gasteiger partial charge is 0.388 e. The SMILES string of the molecule is Cn1cccc1-c1nc2ccc(C(=O)CO)cc2[nH]1. The number of nitrogens with zero attached hydrogens (tertiary/aromatic N) is 2. The highest BCUT2D eigenvalue weighted by Crippen LogP contribution is 2.21. The summed E-state index contributed by atoms with van der Waals surface area (Å²) in [7, 11) is 1.95. The second kappa shape index (κ2) is 4.37. The van der Waals surface area contributed by atoms with Crippen LogP contribution in [0.2, 0.25) is 0 Å². The van der Waals surface area contributed by atoms with E-state index in [0.717, 1.165) is 22.6 Å². The van der Waals surface area contributed by atoms with Crippen molar-refractivity contribution in [2.45, 2.75) is 0 Å². The minimum atomic E-state index is -0.482. The van der Waals surface area contributed by atoms with Gasteiger partial charge >= 0.3 is 0 Å². The number of ketones is 1. The van der Waals surface area contributed by atoms with E-state index in [9.17, 15) is 4.79 Å². The Hall–Kier alpha value is -2.40. The third-order valence-corrected chi connectivity index (χ3v) is 3.13. The predicted octanol–water partition coefficient (Wildman–Crippen LogP) is 1.74. The van der Waals surface area contributed by atoms with E-state index < -0.39 is 6.61 Å². The number of aliphatic hydroxyl groups is 1. The van der Waals surface area contributed by atoms with Crippen molar-refractivity contribution < 1.29 is 9.90 Å². The highest BCUT2D eigenvalue weighted by atomic mass is 16.3. The maximum absolute atomic E-state index is 11.5. The van der Waals surface area contributed by atoms with Crippen LogP contribution in [-0.2, 0) is 7.05 Å². The van der Waals surface area contributed by atoms with Gasteiger partial charge in [0.25, 0.3) is 0 Å². The first-order chi connectivity index (χ1) is 9.19. The number of aromatic amines is 1. The summed E-state index contributed by atoms with van der Waals surface area (Å²) < 4.78 is 1.97. The molecular weight excluding hydrogens is 242 g/mol. The minimum Gasteiger partial charge on any atom is -0.388 e. The zero-order chi connectivity index (χ0) is 13.4. The third-order valence-electron chi connectivity index (χ3n) is 3.13. The van der Waals surface area contributed by atoms with E-state index in [2.05, 4.69) is 9.97 Å². The number of hydrogen-bond acceptors (Lipinski definition) is 3. The summed E-state index contributed by atoms with van der Waals surface area (Å²) >= 11 is 0. The molecule has 3 rings (SSSR count). The van der Waals surface area contributed by atoms with Crippen molar-refractivity contribution in [3.8, 4) is 11.5 Å². The lowest BCUT2D eigenvalue weighted by atomic mass is 10.1. The van der Waals surface area contributed by atoms with Crippen LogP contribution >= 0.6 is 0 Å². The van der Waals surface area contributed by atoms with Crippen molar-refractivity contribution in [3.05, 3.63) is 42.1 Å². The number of aryl methyl sites for hydroxylation is 1. The molecule has 0 aliphatic rings. The van der Waals surface area contributed by atoms with Crippen molar-refractivity contribution in [1.29, 1.82) is 0 Å². The maximum atomic E-state index is 11.5. The molecule has 0 spiro atoms. The van der Waals surface area contributed by atoms with Gasteiger partial charge in [-0.1, -0.05) is 0 Å². The molecule has 5 nitrogen and oxygen atoms in total. The van der Waals surface area contributed by atoms with Gasteiger partial charge in [0.2, 0.25) is 0 Å². The van der Waals surface area contributed by atoms with Crippen LogP contribution in [-0.4, -0.2) is 32.0 Å². The molecule has 2 heterocycles. The number of hydrogen-bond donors (Lipinski definition) is 2. The summed E-state index contributed by atoms with van der Waals surface area (Å²) in [4.78, 5) is 19.1. The molecule has 19 heavy (non-hydrogen) atoms. The van der Waals surface area contributed by atoms with Crippen LogP contribution in [0.25, 0.3) is 22.6 Å². The van der Waals surface area contributed by atoms with E-state index in [-0.39, 0.29) is 5.78 Å². The number of aromatic nitrogens is 3. The summed E-state index contributed by atoms with van der Waals surface area (Å²) in [5.41, 5.74) is 3.05. The van der Waals surface area contributed by atoms with Gasteiger partial charge in [0, 0.05) is 18.8 Å². The molecule has 0 radical (unpaired) electrons. The zero-order valence-electron chi connectivity index (χ0n) is 10.4. The van der Waals surface area contributed by atoms with Gasteiger partial charge in [0.1, 0.15) is 6.61 Å². The van der Waals surface area contributed by atoms with E-state index in [0.29, 0.717) is 5.56 Å². The van der Waals surface area contributed by atoms with Gasteiger partial charge in [-0.05, 0) is 30.3 Å². The van der Waals surface area contributed by atoms with Crippen LogP contribution in [0.3, 0.4) is 0 Å². The van der Waals surface area contributed by atoms with Crippen LogP contribution in [0, 0.1) is 0 Å². The van der Waals surface area contributed by atoms with Gasteiger partial charge in [0.15, 0.2) is 11.6 Å². The molecular formula is C14H13N3O2. The molecule has 0 saturated carbocycles. The number of carbonyl (C=O) groups is 1. The van der Waals surface area contributed by atoms with Gasteiger partial charge < -0.3 is 14.7 Å². The van der Waals surface area contributed by atoms with Crippen LogP contribution in [0.1, 0.15) is 10.4 Å². The van der Waals surface area contributed by atoms with Crippen molar-refractivity contribution in [3.63, 3.8) is 0 Å². The predicted molar refractivity (Wildman–Crippen MR) is 71.9 cm³/mol. The molecule has 0 atom stereocenters. The Morgan fingerprint density at radius 2 is 2.26 bits per heavy atom. The van der Waals surface area contributed by atoms with Crippen LogP contribution in [0.4, 0.5) is 0 Å². The second-order valence-electron chi connectivity index (χ2n) is 4.40. The number of benzene rings is 1. The van der Waals surface area contributed by atoms with E-state index in [1.165, 1.54) is 0 Å². The van der Waals surface area contributed by atoms with Crippen molar-refractivity contribution in [1.82, 2.24) is 14.5 Å². The van der Waals surface area contributed by atoms with Crippen LogP contribution in [0.5, 0.6) is 0 Å².